The Morgan fingerprint density at radius 1 is 0.882 bits per heavy atom. The second-order valence-corrected chi connectivity index (χ2v) is 3.51. The van der Waals surface area contributed by atoms with E-state index < -0.39 is 0 Å². The zero-order valence-corrected chi connectivity index (χ0v) is 9.30. The summed E-state index contributed by atoms with van der Waals surface area (Å²) in [4.78, 5) is 2.81. The summed E-state index contributed by atoms with van der Waals surface area (Å²) in [6.45, 7) is 0. The third kappa shape index (κ3) is 3.28. The molecule has 2 aromatic rings. The van der Waals surface area contributed by atoms with Gasteiger partial charge in [-0.15, -0.1) is 0 Å². The van der Waals surface area contributed by atoms with Gasteiger partial charge >= 0.3 is 0 Å². The van der Waals surface area contributed by atoms with Crippen molar-refractivity contribution in [1.82, 2.24) is 10.3 Å². The molecular weight excluding hydrogens is 212 g/mol. The minimum Gasteiger partial charge on any atom is -0.495 e. The van der Waals surface area contributed by atoms with Crippen LogP contribution in [0.4, 0.5) is 0 Å². The van der Waals surface area contributed by atoms with Crippen molar-refractivity contribution in [1.29, 1.82) is 0 Å². The van der Waals surface area contributed by atoms with Gasteiger partial charge in [0, 0.05) is 29.4 Å². The third-order valence-electron chi connectivity index (χ3n) is 2.23. The zero-order chi connectivity index (χ0) is 11.9. The highest BCUT2D eigenvalue weighted by Crippen LogP contribution is 2.17. The van der Waals surface area contributed by atoms with Crippen LogP contribution in [0, 0.1) is 0 Å². The molecule has 3 rings (SSSR count). The van der Waals surface area contributed by atoms with Gasteiger partial charge in [0.25, 0.3) is 0 Å². The molecule has 3 nitrogen and oxygen atoms in total. The van der Waals surface area contributed by atoms with Crippen molar-refractivity contribution in [3.63, 3.8) is 0 Å². The van der Waals surface area contributed by atoms with E-state index in [1.165, 1.54) is 0 Å². The molecule has 0 spiro atoms. The molecule has 0 bridgehead atoms. The van der Waals surface area contributed by atoms with E-state index in [2.05, 4.69) is 10.3 Å². The van der Waals surface area contributed by atoms with Gasteiger partial charge in [-0.25, -0.2) is 0 Å². The summed E-state index contributed by atoms with van der Waals surface area (Å²) in [6.07, 6.45) is 11.6. The number of benzene rings is 1. The minimum absolute atomic E-state index is 0.223. The molecular formula is C14H14N2O. The van der Waals surface area contributed by atoms with E-state index in [4.69, 9.17) is 5.11 Å². The Morgan fingerprint density at radius 3 is 2.29 bits per heavy atom. The SMILES string of the molecule is C1=CC=CNC=C1.Oc1cc2ccccc2[nH]1. The lowest BCUT2D eigenvalue weighted by Crippen LogP contribution is -1.87. The Bertz CT molecular complexity index is 517. The molecule has 0 saturated carbocycles. The number of aromatic nitrogens is 1. The molecule has 3 N–H and O–H groups in total. The maximum absolute atomic E-state index is 9.00. The van der Waals surface area contributed by atoms with Crippen LogP contribution >= 0.6 is 0 Å². The molecule has 0 aliphatic carbocycles. The summed E-state index contributed by atoms with van der Waals surface area (Å²) in [5.41, 5.74) is 0.972. The lowest BCUT2D eigenvalue weighted by atomic mass is 10.3. The smallest absolute Gasteiger partial charge is 0.189 e. The highest BCUT2D eigenvalue weighted by atomic mass is 16.3. The summed E-state index contributed by atoms with van der Waals surface area (Å²) in [6, 6.07) is 9.45. The highest BCUT2D eigenvalue weighted by molar-refractivity contribution is 5.80. The van der Waals surface area contributed by atoms with Crippen LogP contribution in [0.1, 0.15) is 0 Å². The highest BCUT2D eigenvalue weighted by Gasteiger charge is 1.94. The van der Waals surface area contributed by atoms with Gasteiger partial charge < -0.3 is 15.4 Å². The van der Waals surface area contributed by atoms with Crippen LogP contribution in [0.25, 0.3) is 10.9 Å². The second-order valence-electron chi connectivity index (χ2n) is 3.51. The van der Waals surface area contributed by atoms with Crippen LogP contribution in [0.15, 0.2) is 67.0 Å². The fraction of sp³-hybridized carbons (Fsp3) is 0. The average Bonchev–Trinajstić information content (AvgIpc) is 2.57. The molecule has 0 radical (unpaired) electrons. The predicted molar refractivity (Wildman–Crippen MR) is 70.5 cm³/mol. The average molecular weight is 226 g/mol. The summed E-state index contributed by atoms with van der Waals surface area (Å²) in [7, 11) is 0. The number of aromatic hydroxyl groups is 1. The number of para-hydroxylation sites is 1. The van der Waals surface area contributed by atoms with Crippen LogP contribution in [0.5, 0.6) is 5.88 Å². The number of nitrogens with one attached hydrogen (secondary N) is 2. The van der Waals surface area contributed by atoms with Crippen molar-refractivity contribution >= 4 is 10.9 Å². The first kappa shape index (κ1) is 11.1. The van der Waals surface area contributed by atoms with Crippen LogP contribution in [0.2, 0.25) is 0 Å². The Hall–Kier alpha value is -2.42. The molecule has 0 atom stereocenters. The normalized spacial score (nSPS) is 12.7. The number of H-pyrrole nitrogens is 1. The Balaban J connectivity index is 0.000000136. The molecule has 1 aromatic carbocycles. The number of aromatic amines is 1. The van der Waals surface area contributed by atoms with E-state index in [-0.39, 0.29) is 5.88 Å². The van der Waals surface area contributed by atoms with Gasteiger partial charge in [-0.05, 0) is 18.2 Å². The fourth-order valence-corrected chi connectivity index (χ4v) is 1.46. The van der Waals surface area contributed by atoms with Crippen molar-refractivity contribution in [2.24, 2.45) is 0 Å². The van der Waals surface area contributed by atoms with Gasteiger partial charge in [-0.2, -0.15) is 0 Å². The molecule has 0 unspecified atom stereocenters. The zero-order valence-electron chi connectivity index (χ0n) is 9.30. The summed E-state index contributed by atoms with van der Waals surface area (Å²) in [5, 5.41) is 13.0. The quantitative estimate of drug-likeness (QED) is 0.646. The first-order chi connectivity index (χ1) is 8.36. The molecule has 0 amide bonds. The van der Waals surface area contributed by atoms with Crippen LogP contribution in [-0.2, 0) is 0 Å². The molecule has 0 saturated heterocycles. The number of hydrogen-bond donors (Lipinski definition) is 3. The topological polar surface area (TPSA) is 48.0 Å². The Kier molecular flexibility index (Phi) is 3.65. The van der Waals surface area contributed by atoms with Crippen LogP contribution in [-0.4, -0.2) is 10.1 Å². The Morgan fingerprint density at radius 2 is 1.59 bits per heavy atom. The predicted octanol–water partition coefficient (Wildman–Crippen LogP) is 3.05. The van der Waals surface area contributed by atoms with E-state index in [0.29, 0.717) is 0 Å². The van der Waals surface area contributed by atoms with Gasteiger partial charge in [0.1, 0.15) is 0 Å². The fourth-order valence-electron chi connectivity index (χ4n) is 1.46. The van der Waals surface area contributed by atoms with Gasteiger partial charge in [-0.1, -0.05) is 30.4 Å². The minimum atomic E-state index is 0.223. The lowest BCUT2D eigenvalue weighted by molar-refractivity contribution is 0.458. The number of rotatable bonds is 0. The van der Waals surface area contributed by atoms with E-state index in [1.54, 1.807) is 6.07 Å². The summed E-state index contributed by atoms with van der Waals surface area (Å²) >= 11 is 0. The third-order valence-corrected chi connectivity index (χ3v) is 2.23. The monoisotopic (exact) mass is 226 g/mol. The van der Waals surface area contributed by atoms with Gasteiger partial charge in [0.15, 0.2) is 5.88 Å². The first-order valence-corrected chi connectivity index (χ1v) is 5.37. The molecule has 1 aliphatic heterocycles. The van der Waals surface area contributed by atoms with Gasteiger partial charge in [0.05, 0.1) is 0 Å². The molecule has 3 heteroatoms. The maximum atomic E-state index is 9.00. The van der Waals surface area contributed by atoms with Crippen LogP contribution < -0.4 is 5.32 Å². The van der Waals surface area contributed by atoms with Gasteiger partial charge in [-0.3, -0.25) is 0 Å². The van der Waals surface area contributed by atoms with E-state index >= 15 is 0 Å². The number of allylic oxidation sites excluding steroid dienone is 4. The maximum Gasteiger partial charge on any atom is 0.189 e. The van der Waals surface area contributed by atoms with Crippen molar-refractivity contribution in [2.75, 3.05) is 0 Å². The number of fused-ring (bicyclic) bond motifs is 1. The van der Waals surface area contributed by atoms with Crippen LogP contribution in [0.3, 0.4) is 0 Å². The van der Waals surface area contributed by atoms with Crippen molar-refractivity contribution < 1.29 is 5.11 Å². The molecule has 86 valence electrons. The van der Waals surface area contributed by atoms with Crippen molar-refractivity contribution in [3.05, 3.63) is 67.0 Å². The molecule has 1 aromatic heterocycles. The summed E-state index contributed by atoms with van der Waals surface area (Å²) < 4.78 is 0. The van der Waals surface area contributed by atoms with E-state index in [1.807, 2.05) is 61.0 Å². The lowest BCUT2D eigenvalue weighted by Gasteiger charge is -1.83. The van der Waals surface area contributed by atoms with Crippen molar-refractivity contribution in [3.8, 4) is 5.88 Å². The number of hydrogen-bond acceptors (Lipinski definition) is 2. The standard InChI is InChI=1S/C8H7NO.C6H7N/c10-8-5-6-3-1-2-4-7(6)9-8;1-2-4-6-7-5-3-1/h1-5,9-10H;1-7H. The summed E-state index contributed by atoms with van der Waals surface area (Å²) in [5.74, 6) is 0.223. The first-order valence-electron chi connectivity index (χ1n) is 5.37. The molecule has 2 heterocycles. The van der Waals surface area contributed by atoms with E-state index in [0.717, 1.165) is 10.9 Å². The molecule has 1 aliphatic rings. The van der Waals surface area contributed by atoms with E-state index in [9.17, 15) is 0 Å². The Labute approximate surface area is 99.8 Å². The molecule has 0 fully saturated rings. The molecule has 17 heavy (non-hydrogen) atoms. The van der Waals surface area contributed by atoms with Crippen molar-refractivity contribution in [2.45, 2.75) is 0 Å². The largest absolute Gasteiger partial charge is 0.495 e. The second kappa shape index (κ2) is 5.61. The van der Waals surface area contributed by atoms with Gasteiger partial charge in [0.2, 0.25) is 0 Å².